The van der Waals surface area contributed by atoms with Crippen LogP contribution in [0.4, 0.5) is 5.69 Å². The number of sulfonamides is 1. The van der Waals surface area contributed by atoms with Crippen LogP contribution in [-0.2, 0) is 19.9 Å². The maximum absolute atomic E-state index is 12.9. The molecule has 3 rings (SSSR count). The number of carboxylic acids is 1. The second-order valence-electron chi connectivity index (χ2n) is 6.35. The first-order valence-corrected chi connectivity index (χ1v) is 11.8. The van der Waals surface area contributed by atoms with Crippen LogP contribution in [-0.4, -0.2) is 22.8 Å². The molecule has 0 atom stereocenters. The Balaban J connectivity index is 0.00000341. The number of nitrogens with one attached hydrogen (secondary N) is 1. The van der Waals surface area contributed by atoms with Crippen molar-refractivity contribution in [3.63, 3.8) is 0 Å². The van der Waals surface area contributed by atoms with Gasteiger partial charge in [0, 0.05) is 10.7 Å². The normalized spacial score (nSPS) is 11.4. The van der Waals surface area contributed by atoms with Crippen LogP contribution in [0, 0.1) is 6.92 Å². The van der Waals surface area contributed by atoms with Gasteiger partial charge in [0.15, 0.2) is 0 Å². The Morgan fingerprint density at radius 3 is 1.97 bits per heavy atom. The van der Waals surface area contributed by atoms with Crippen LogP contribution < -0.4 is 39.4 Å². The van der Waals surface area contributed by atoms with Crippen molar-refractivity contribution in [2.45, 2.75) is 21.6 Å². The molecule has 0 saturated carbocycles. The molecule has 0 aliphatic rings. The molecule has 0 heterocycles. The van der Waals surface area contributed by atoms with Gasteiger partial charge in [-0.15, -0.1) is 0 Å². The molecule has 31 heavy (non-hydrogen) atoms. The van der Waals surface area contributed by atoms with E-state index in [9.17, 15) is 26.7 Å². The van der Waals surface area contributed by atoms with Gasteiger partial charge in [0.2, 0.25) is 9.84 Å². The smallest absolute Gasteiger partial charge is 0.545 e. The predicted molar refractivity (Wildman–Crippen MR) is 110 cm³/mol. The average molecular weight is 488 g/mol. The minimum Gasteiger partial charge on any atom is -0.545 e. The molecule has 0 aliphatic carbocycles. The molecule has 0 amide bonds. The zero-order valence-electron chi connectivity index (χ0n) is 16.5. The minimum absolute atomic E-state index is 0. The average Bonchev–Trinajstić information content (AvgIpc) is 2.68. The largest absolute Gasteiger partial charge is 1.00 e. The number of rotatable bonds is 6. The maximum Gasteiger partial charge on any atom is 1.00 e. The zero-order valence-corrected chi connectivity index (χ0v) is 20.9. The van der Waals surface area contributed by atoms with Crippen LogP contribution in [0.1, 0.15) is 15.9 Å². The number of aryl methyl sites for hydroxylation is 1. The summed E-state index contributed by atoms with van der Waals surface area (Å²) in [6.45, 7) is 1.53. The van der Waals surface area contributed by atoms with E-state index in [0.29, 0.717) is 10.6 Å². The van der Waals surface area contributed by atoms with Gasteiger partial charge < -0.3 is 9.90 Å². The first kappa shape index (κ1) is 25.4. The van der Waals surface area contributed by atoms with Crippen molar-refractivity contribution in [1.82, 2.24) is 0 Å². The Labute approximate surface area is 207 Å². The third-order valence-electron chi connectivity index (χ3n) is 4.26. The summed E-state index contributed by atoms with van der Waals surface area (Å²) in [6, 6.07) is 14.3. The summed E-state index contributed by atoms with van der Waals surface area (Å²) >= 11 is 5.80. The molecule has 0 unspecified atom stereocenters. The van der Waals surface area contributed by atoms with E-state index >= 15 is 0 Å². The van der Waals surface area contributed by atoms with Crippen LogP contribution in [0.2, 0.25) is 5.02 Å². The van der Waals surface area contributed by atoms with Crippen LogP contribution in [0.3, 0.4) is 0 Å². The first-order chi connectivity index (χ1) is 14.0. The molecule has 11 heteroatoms. The van der Waals surface area contributed by atoms with Crippen molar-refractivity contribution >= 4 is 43.1 Å². The van der Waals surface area contributed by atoms with Crippen molar-refractivity contribution in [3.05, 3.63) is 82.9 Å². The van der Waals surface area contributed by atoms with E-state index in [4.69, 9.17) is 11.6 Å². The third kappa shape index (κ3) is 5.68. The summed E-state index contributed by atoms with van der Waals surface area (Å²) < 4.78 is 53.8. The Bertz CT molecular complexity index is 1320. The number of carboxylic acid groups (broad SMARTS) is 1. The Kier molecular flexibility index (Phi) is 7.96. The second-order valence-corrected chi connectivity index (χ2v) is 10.4. The molecule has 156 valence electrons. The van der Waals surface area contributed by atoms with Gasteiger partial charge in [-0.2, -0.15) is 0 Å². The number of sulfone groups is 1. The fourth-order valence-corrected chi connectivity index (χ4v) is 5.49. The Hall–Kier alpha value is -1.88. The minimum atomic E-state index is -4.15. The van der Waals surface area contributed by atoms with Gasteiger partial charge in [-0.05, 0) is 66.6 Å². The van der Waals surface area contributed by atoms with Gasteiger partial charge >= 0.3 is 29.6 Å². The number of carbonyl (C=O) groups is 1. The van der Waals surface area contributed by atoms with E-state index in [1.54, 1.807) is 0 Å². The number of hydrogen-bond donors (Lipinski definition) is 1. The summed E-state index contributed by atoms with van der Waals surface area (Å²) in [6.07, 6.45) is 0. The van der Waals surface area contributed by atoms with E-state index in [-0.39, 0.29) is 55.5 Å². The molecule has 0 fully saturated rings. The molecule has 3 aromatic carbocycles. The molecule has 0 bridgehead atoms. The molecular formula is C20H15ClNNaO6S2. The van der Waals surface area contributed by atoms with Crippen molar-refractivity contribution in [2.75, 3.05) is 4.72 Å². The maximum atomic E-state index is 12.9. The quantitative estimate of drug-likeness (QED) is 0.474. The van der Waals surface area contributed by atoms with Gasteiger partial charge in [0.1, 0.15) is 0 Å². The summed E-state index contributed by atoms with van der Waals surface area (Å²) in [5.74, 6) is -1.39. The number of halogens is 1. The molecule has 0 radical (unpaired) electrons. The predicted octanol–water partition coefficient (Wildman–Crippen LogP) is -0.350. The number of carbonyl (C=O) groups excluding carboxylic acids is 1. The fraction of sp³-hybridized carbons (Fsp3) is 0.0500. The first-order valence-electron chi connectivity index (χ1n) is 8.46. The Morgan fingerprint density at radius 2 is 1.42 bits per heavy atom. The van der Waals surface area contributed by atoms with Gasteiger partial charge in [0.25, 0.3) is 10.0 Å². The fourth-order valence-electron chi connectivity index (χ4n) is 2.67. The van der Waals surface area contributed by atoms with Crippen molar-refractivity contribution in [2.24, 2.45) is 0 Å². The van der Waals surface area contributed by atoms with Gasteiger partial charge in [-0.3, -0.25) is 4.72 Å². The summed E-state index contributed by atoms with van der Waals surface area (Å²) in [4.78, 5) is 10.4. The van der Waals surface area contributed by atoms with E-state index in [0.717, 1.165) is 6.07 Å². The second kappa shape index (κ2) is 9.72. The molecule has 1 N–H and O–H groups in total. The van der Waals surface area contributed by atoms with E-state index in [2.05, 4.69) is 4.72 Å². The molecule has 0 aromatic heterocycles. The van der Waals surface area contributed by atoms with Crippen LogP contribution in [0.5, 0.6) is 0 Å². The van der Waals surface area contributed by atoms with Gasteiger partial charge in [-0.1, -0.05) is 29.8 Å². The molecule has 0 spiro atoms. The third-order valence-corrected chi connectivity index (χ3v) is 7.80. The van der Waals surface area contributed by atoms with E-state index < -0.39 is 25.8 Å². The van der Waals surface area contributed by atoms with Crippen molar-refractivity contribution in [1.29, 1.82) is 0 Å². The topological polar surface area (TPSA) is 120 Å². The molecule has 0 saturated heterocycles. The summed E-state index contributed by atoms with van der Waals surface area (Å²) in [5, 5.41) is 11.2. The Morgan fingerprint density at radius 1 is 0.871 bits per heavy atom. The van der Waals surface area contributed by atoms with Crippen molar-refractivity contribution in [3.8, 4) is 0 Å². The standard InChI is InChI=1S/C20H16ClNO6S2.Na/c1-13-2-9-18(29(25,26)17-10-5-15(21)6-11-17)12-19(13)30(27,28)22-16-7-3-14(4-8-16)20(23)24;/h2-12,22H,1H3,(H,23,24);/q;+1/p-1. The van der Waals surface area contributed by atoms with Crippen LogP contribution in [0.25, 0.3) is 0 Å². The van der Waals surface area contributed by atoms with E-state index in [1.165, 1.54) is 67.6 Å². The molecule has 7 nitrogen and oxygen atoms in total. The molecule has 0 aliphatic heterocycles. The van der Waals surface area contributed by atoms with Crippen LogP contribution in [0.15, 0.2) is 81.4 Å². The SMILES string of the molecule is Cc1ccc(S(=O)(=O)c2ccc(Cl)cc2)cc1S(=O)(=O)Nc1ccc(C(=O)[O-])cc1.[Na+]. The summed E-state index contributed by atoms with van der Waals surface area (Å²) in [5.41, 5.74) is 0.347. The number of hydrogen-bond acceptors (Lipinski definition) is 6. The number of benzene rings is 3. The molecule has 3 aromatic rings. The monoisotopic (exact) mass is 487 g/mol. The number of anilines is 1. The van der Waals surface area contributed by atoms with Gasteiger partial charge in [-0.25, -0.2) is 16.8 Å². The van der Waals surface area contributed by atoms with Gasteiger partial charge in [0.05, 0.1) is 20.7 Å². The summed E-state index contributed by atoms with van der Waals surface area (Å²) in [7, 11) is -8.11. The number of aromatic carboxylic acids is 1. The zero-order chi connectivity index (χ0) is 22.1. The van der Waals surface area contributed by atoms with E-state index in [1.807, 2.05) is 0 Å². The van der Waals surface area contributed by atoms with Crippen LogP contribution >= 0.6 is 11.6 Å². The molecular weight excluding hydrogens is 473 g/mol. The van der Waals surface area contributed by atoms with Crippen molar-refractivity contribution < 1.29 is 56.3 Å².